The van der Waals surface area contributed by atoms with Crippen molar-refractivity contribution in [1.82, 2.24) is 4.90 Å². The maximum absolute atomic E-state index is 12.1. The van der Waals surface area contributed by atoms with Crippen molar-refractivity contribution < 1.29 is 9.90 Å². The van der Waals surface area contributed by atoms with Crippen molar-refractivity contribution in [2.75, 3.05) is 13.2 Å². The van der Waals surface area contributed by atoms with E-state index in [9.17, 15) is 9.90 Å². The highest BCUT2D eigenvalue weighted by molar-refractivity contribution is 7.17. The second-order valence-electron chi connectivity index (χ2n) is 3.93. The topological polar surface area (TPSA) is 40.5 Å². The Bertz CT molecular complexity index is 380. The summed E-state index contributed by atoms with van der Waals surface area (Å²) in [5.74, 6) is -0.00403. The maximum Gasteiger partial charge on any atom is 0.264 e. The van der Waals surface area contributed by atoms with Gasteiger partial charge in [0.1, 0.15) is 0 Å². The zero-order valence-electron chi connectivity index (χ0n) is 8.86. The van der Waals surface area contributed by atoms with Crippen LogP contribution in [-0.2, 0) is 0 Å². The number of thiophene rings is 1. The van der Waals surface area contributed by atoms with Gasteiger partial charge in [0.05, 0.1) is 21.9 Å². The molecule has 5 heteroatoms. The first kappa shape index (κ1) is 11.9. The predicted octanol–water partition coefficient (Wildman–Crippen LogP) is 2.39. The minimum atomic E-state index is -0.0258. The summed E-state index contributed by atoms with van der Waals surface area (Å²) in [4.78, 5) is 14.6. The molecule has 0 aliphatic carbocycles. The Morgan fingerprint density at radius 3 is 3.00 bits per heavy atom. The third kappa shape index (κ3) is 2.39. The summed E-state index contributed by atoms with van der Waals surface area (Å²) < 4.78 is 0.626. The van der Waals surface area contributed by atoms with Crippen LogP contribution in [0.25, 0.3) is 0 Å². The first-order valence-corrected chi connectivity index (χ1v) is 6.59. The molecule has 1 aromatic rings. The van der Waals surface area contributed by atoms with Crippen molar-refractivity contribution in [3.63, 3.8) is 0 Å². The molecule has 2 rings (SSSR count). The SMILES string of the molecule is O=C(c1ccc(Cl)s1)N1CCCCC1CO. The molecule has 1 aliphatic rings. The maximum atomic E-state index is 12.1. The summed E-state index contributed by atoms with van der Waals surface area (Å²) in [6.45, 7) is 0.782. The number of aliphatic hydroxyl groups is 1. The van der Waals surface area contributed by atoms with E-state index in [0.29, 0.717) is 9.21 Å². The predicted molar refractivity (Wildman–Crippen MR) is 65.1 cm³/mol. The molecule has 1 unspecified atom stereocenters. The van der Waals surface area contributed by atoms with Gasteiger partial charge in [-0.15, -0.1) is 11.3 Å². The van der Waals surface area contributed by atoms with Crippen LogP contribution >= 0.6 is 22.9 Å². The second-order valence-corrected chi connectivity index (χ2v) is 5.65. The molecule has 1 saturated heterocycles. The lowest BCUT2D eigenvalue weighted by atomic mass is 10.0. The lowest BCUT2D eigenvalue weighted by Crippen LogP contribution is -2.45. The van der Waals surface area contributed by atoms with Crippen molar-refractivity contribution in [3.8, 4) is 0 Å². The fourth-order valence-corrected chi connectivity index (χ4v) is 3.03. The van der Waals surface area contributed by atoms with Gasteiger partial charge in [-0.25, -0.2) is 0 Å². The third-order valence-corrected chi connectivity index (χ3v) is 4.10. The monoisotopic (exact) mass is 259 g/mol. The molecule has 1 aliphatic heterocycles. The Labute approximate surface area is 104 Å². The molecule has 0 radical (unpaired) electrons. The number of amides is 1. The van der Waals surface area contributed by atoms with Crippen molar-refractivity contribution in [3.05, 3.63) is 21.3 Å². The molecule has 3 nitrogen and oxygen atoms in total. The van der Waals surface area contributed by atoms with Crippen LogP contribution < -0.4 is 0 Å². The zero-order valence-corrected chi connectivity index (χ0v) is 10.4. The van der Waals surface area contributed by atoms with E-state index in [1.165, 1.54) is 11.3 Å². The van der Waals surface area contributed by atoms with Crippen LogP contribution in [0.3, 0.4) is 0 Å². The molecule has 0 aromatic carbocycles. The number of aliphatic hydroxyl groups excluding tert-OH is 1. The molecule has 1 amide bonds. The number of piperidine rings is 1. The van der Waals surface area contributed by atoms with Crippen molar-refractivity contribution in [2.24, 2.45) is 0 Å². The number of nitrogens with zero attached hydrogens (tertiary/aromatic N) is 1. The third-order valence-electron chi connectivity index (χ3n) is 2.88. The van der Waals surface area contributed by atoms with E-state index in [2.05, 4.69) is 0 Å². The van der Waals surface area contributed by atoms with Gasteiger partial charge in [0.15, 0.2) is 0 Å². The molecule has 1 N–H and O–H groups in total. The zero-order chi connectivity index (χ0) is 11.5. The number of carbonyl (C=O) groups is 1. The average Bonchev–Trinajstić information content (AvgIpc) is 2.75. The van der Waals surface area contributed by atoms with Crippen LogP contribution in [0.5, 0.6) is 0 Å². The minimum absolute atomic E-state index is 0.00403. The van der Waals surface area contributed by atoms with Gasteiger partial charge < -0.3 is 10.0 Å². The summed E-state index contributed by atoms with van der Waals surface area (Å²) in [6, 6.07) is 3.46. The molecule has 1 atom stereocenters. The molecule has 1 aromatic heterocycles. The number of carbonyl (C=O) groups excluding carboxylic acids is 1. The quantitative estimate of drug-likeness (QED) is 0.886. The number of halogens is 1. The van der Waals surface area contributed by atoms with E-state index in [-0.39, 0.29) is 18.6 Å². The summed E-state index contributed by atoms with van der Waals surface area (Å²) >= 11 is 7.11. The molecule has 88 valence electrons. The number of likely N-dealkylation sites (tertiary alicyclic amines) is 1. The summed E-state index contributed by atoms with van der Waals surface area (Å²) in [5.41, 5.74) is 0. The lowest BCUT2D eigenvalue weighted by Gasteiger charge is -2.34. The molecular formula is C11H14ClNO2S. The van der Waals surface area contributed by atoms with Gasteiger partial charge in [-0.3, -0.25) is 4.79 Å². The molecule has 0 bridgehead atoms. The lowest BCUT2D eigenvalue weighted by molar-refractivity contribution is 0.0508. The van der Waals surface area contributed by atoms with Gasteiger partial charge >= 0.3 is 0 Å². The highest BCUT2D eigenvalue weighted by Crippen LogP contribution is 2.25. The van der Waals surface area contributed by atoms with E-state index in [4.69, 9.17) is 11.6 Å². The summed E-state index contributed by atoms with van der Waals surface area (Å²) in [5, 5.41) is 9.25. The fourth-order valence-electron chi connectivity index (χ4n) is 2.03. The average molecular weight is 260 g/mol. The van der Waals surface area contributed by atoms with Crippen molar-refractivity contribution in [2.45, 2.75) is 25.3 Å². The van der Waals surface area contributed by atoms with Gasteiger partial charge in [0.2, 0.25) is 0 Å². The standard InChI is InChI=1S/C11H14ClNO2S/c12-10-5-4-9(16-10)11(15)13-6-2-1-3-8(13)7-14/h4-5,8,14H,1-3,6-7H2. The van der Waals surface area contributed by atoms with Crippen LogP contribution in [0.4, 0.5) is 0 Å². The Kier molecular flexibility index (Phi) is 3.84. The summed E-state index contributed by atoms with van der Waals surface area (Å²) in [7, 11) is 0. The Balaban J connectivity index is 2.13. The second kappa shape index (κ2) is 5.17. The van der Waals surface area contributed by atoms with E-state index >= 15 is 0 Å². The van der Waals surface area contributed by atoms with Crippen molar-refractivity contribution in [1.29, 1.82) is 0 Å². The molecule has 1 fully saturated rings. The van der Waals surface area contributed by atoms with E-state index < -0.39 is 0 Å². The number of hydrogen-bond acceptors (Lipinski definition) is 3. The van der Waals surface area contributed by atoms with Crippen LogP contribution in [0.15, 0.2) is 12.1 Å². The normalized spacial score (nSPS) is 21.1. The molecule has 16 heavy (non-hydrogen) atoms. The largest absolute Gasteiger partial charge is 0.394 e. The number of rotatable bonds is 2. The van der Waals surface area contributed by atoms with Crippen LogP contribution in [0.2, 0.25) is 4.34 Å². The molecular weight excluding hydrogens is 246 g/mol. The fraction of sp³-hybridized carbons (Fsp3) is 0.545. The van der Waals surface area contributed by atoms with Crippen LogP contribution in [0, 0.1) is 0 Å². The molecule has 0 saturated carbocycles. The van der Waals surface area contributed by atoms with Gasteiger partial charge in [-0.1, -0.05) is 11.6 Å². The first-order chi connectivity index (χ1) is 7.72. The Morgan fingerprint density at radius 2 is 2.38 bits per heavy atom. The van der Waals surface area contributed by atoms with E-state index in [1.807, 2.05) is 0 Å². The van der Waals surface area contributed by atoms with E-state index in [1.54, 1.807) is 17.0 Å². The first-order valence-electron chi connectivity index (χ1n) is 5.39. The van der Waals surface area contributed by atoms with Crippen molar-refractivity contribution >= 4 is 28.8 Å². The van der Waals surface area contributed by atoms with Crippen LogP contribution in [-0.4, -0.2) is 35.1 Å². The van der Waals surface area contributed by atoms with Gasteiger partial charge in [-0.05, 0) is 31.4 Å². The van der Waals surface area contributed by atoms with Crippen LogP contribution in [0.1, 0.15) is 28.9 Å². The van der Waals surface area contributed by atoms with Gasteiger partial charge in [0, 0.05) is 6.54 Å². The van der Waals surface area contributed by atoms with E-state index in [0.717, 1.165) is 25.8 Å². The van der Waals surface area contributed by atoms with Gasteiger partial charge in [-0.2, -0.15) is 0 Å². The molecule has 0 spiro atoms. The highest BCUT2D eigenvalue weighted by atomic mass is 35.5. The minimum Gasteiger partial charge on any atom is -0.394 e. The Morgan fingerprint density at radius 1 is 1.56 bits per heavy atom. The number of hydrogen-bond donors (Lipinski definition) is 1. The smallest absolute Gasteiger partial charge is 0.264 e. The van der Waals surface area contributed by atoms with Gasteiger partial charge in [0.25, 0.3) is 5.91 Å². The summed E-state index contributed by atoms with van der Waals surface area (Å²) in [6.07, 6.45) is 2.99. The highest BCUT2D eigenvalue weighted by Gasteiger charge is 2.27. The molecule has 2 heterocycles. The Hall–Kier alpha value is -0.580.